The predicted octanol–water partition coefficient (Wildman–Crippen LogP) is 1.45. The second-order valence-corrected chi connectivity index (χ2v) is 8.22. The first-order valence-corrected chi connectivity index (χ1v) is 9.23. The fraction of sp³-hybridized carbons (Fsp3) is 0.786. The van der Waals surface area contributed by atoms with E-state index in [1.54, 1.807) is 0 Å². The molecule has 0 rings (SSSR count). The second-order valence-electron chi connectivity index (χ2n) is 6.49. The van der Waals surface area contributed by atoms with Crippen molar-refractivity contribution in [1.29, 1.82) is 5.16 Å². The van der Waals surface area contributed by atoms with Gasteiger partial charge in [-0.3, -0.25) is 5.16 Å². The molecule has 24 heavy (non-hydrogen) atoms. The topological polar surface area (TPSA) is 77.1 Å². The molecule has 0 aliphatic rings. The highest BCUT2D eigenvalue weighted by Crippen LogP contribution is 2.52. The number of amidine groups is 1. The molecule has 0 heterocycles. The largest absolute Gasteiger partial charge is 0.366 e. The number of nitrogens with one attached hydrogen (secondary N) is 1. The molecule has 0 saturated carbocycles. The molecule has 0 fully saturated rings. The smallest absolute Gasteiger partial charge is 0.305 e. The van der Waals surface area contributed by atoms with Crippen LogP contribution < -0.4 is 0 Å². The van der Waals surface area contributed by atoms with Crippen LogP contribution in [-0.2, 0) is 0 Å². The predicted molar refractivity (Wildman–Crippen MR) is 106 cm³/mol. The molecule has 0 atom stereocenters. The van der Waals surface area contributed by atoms with Gasteiger partial charge in [-0.1, -0.05) is 0 Å². The highest BCUT2D eigenvalue weighted by Gasteiger charge is 2.21. The van der Waals surface area contributed by atoms with Gasteiger partial charge in [0.15, 0.2) is 0 Å². The van der Waals surface area contributed by atoms with Crippen LogP contribution >= 0.6 is 7.51 Å². The summed E-state index contributed by atoms with van der Waals surface area (Å²) in [6, 6.07) is 0. The Hall–Kier alpha value is -1.76. The number of nitrogens with zero attached hydrogens (tertiary/aromatic N) is 8. The van der Waals surface area contributed by atoms with Crippen LogP contribution in [0.25, 0.3) is 0 Å². The van der Waals surface area contributed by atoms with Gasteiger partial charge in [0, 0.05) is 70.5 Å². The summed E-state index contributed by atoms with van der Waals surface area (Å²) in [7, 11) is 15.9. The Labute approximate surface area is 147 Å². The van der Waals surface area contributed by atoms with E-state index in [1.165, 1.54) is 0 Å². The summed E-state index contributed by atoms with van der Waals surface area (Å²) in [4.78, 5) is 9.33. The van der Waals surface area contributed by atoms with Crippen LogP contribution in [0.1, 0.15) is 6.92 Å². The molecule has 1 N–H and O–H groups in total. The Kier molecular flexibility index (Phi) is 8.26. The van der Waals surface area contributed by atoms with Crippen molar-refractivity contribution in [2.24, 2.45) is 14.3 Å². The lowest BCUT2D eigenvalue weighted by molar-refractivity contribution is 0.484. The van der Waals surface area contributed by atoms with Crippen LogP contribution in [0.2, 0.25) is 0 Å². The van der Waals surface area contributed by atoms with Gasteiger partial charge in [-0.2, -0.15) is 14.3 Å². The van der Waals surface area contributed by atoms with Gasteiger partial charge in [-0.05, 0) is 6.92 Å². The molecule has 140 valence electrons. The fourth-order valence-corrected chi connectivity index (χ4v) is 3.70. The third-order valence-electron chi connectivity index (χ3n) is 2.99. The third-order valence-corrected chi connectivity index (χ3v) is 4.47. The SMILES string of the molecule is CC(=NP(=N)(N=C(N(C)C)N(C)C)N=C(N(C)C)N(C)C)N(C)C. The van der Waals surface area contributed by atoms with E-state index in [9.17, 15) is 0 Å². The molecule has 0 bridgehead atoms. The van der Waals surface area contributed by atoms with Crippen molar-refractivity contribution in [3.63, 3.8) is 0 Å². The Morgan fingerprint density at radius 3 is 1.08 bits per heavy atom. The molecule has 0 aliphatic heterocycles. The first-order chi connectivity index (χ1) is 10.8. The maximum absolute atomic E-state index is 8.89. The molecular formula is C14H34N9P. The zero-order valence-electron chi connectivity index (χ0n) is 17.0. The summed E-state index contributed by atoms with van der Waals surface area (Å²) < 4.78 is 13.8. The van der Waals surface area contributed by atoms with E-state index in [-0.39, 0.29) is 0 Å². The molecule has 0 aromatic heterocycles. The summed E-state index contributed by atoms with van der Waals surface area (Å²) in [5.74, 6) is 2.04. The lowest BCUT2D eigenvalue weighted by atomic mass is 10.6. The van der Waals surface area contributed by atoms with Crippen LogP contribution in [0.5, 0.6) is 0 Å². The normalized spacial score (nSPS) is 11.5. The van der Waals surface area contributed by atoms with E-state index in [4.69, 9.17) is 5.16 Å². The molecule has 0 aromatic rings. The second kappa shape index (κ2) is 8.92. The lowest BCUT2D eigenvalue weighted by Crippen LogP contribution is -2.36. The van der Waals surface area contributed by atoms with Gasteiger partial charge in [0.1, 0.15) is 5.84 Å². The standard InChI is InChI=1S/C14H34N9P/c1-12(19(2)3)16-24(15,17-13(20(4)5)21(6)7)18-14(22(8)9)23(10)11/h15H,1-11H3. The molecule has 0 amide bonds. The van der Waals surface area contributed by atoms with Gasteiger partial charge < -0.3 is 24.5 Å². The zero-order chi connectivity index (χ0) is 19.2. The van der Waals surface area contributed by atoms with Crippen LogP contribution in [-0.4, -0.2) is 113 Å². The average molecular weight is 359 g/mol. The van der Waals surface area contributed by atoms with Gasteiger partial charge in [-0.15, -0.1) is 0 Å². The molecular weight excluding hydrogens is 325 g/mol. The molecule has 0 radical (unpaired) electrons. The molecule has 10 heteroatoms. The van der Waals surface area contributed by atoms with Gasteiger partial charge >= 0.3 is 7.51 Å². The number of hydrogen-bond acceptors (Lipinski definition) is 1. The Morgan fingerprint density at radius 2 is 0.875 bits per heavy atom. The Balaban J connectivity index is 6.43. The van der Waals surface area contributed by atoms with E-state index >= 15 is 0 Å². The average Bonchev–Trinajstić information content (AvgIpc) is 2.41. The summed E-state index contributed by atoms with van der Waals surface area (Å²) in [6.07, 6.45) is 0. The molecule has 9 nitrogen and oxygen atoms in total. The summed E-state index contributed by atoms with van der Waals surface area (Å²) in [5.41, 5.74) is 0. The maximum atomic E-state index is 8.89. The van der Waals surface area contributed by atoms with Crippen molar-refractivity contribution in [3.8, 4) is 0 Å². The van der Waals surface area contributed by atoms with E-state index < -0.39 is 7.51 Å². The summed E-state index contributed by atoms with van der Waals surface area (Å²) in [6.45, 7) is 1.87. The number of rotatable bonds is 3. The minimum Gasteiger partial charge on any atom is -0.366 e. The Morgan fingerprint density at radius 1 is 0.583 bits per heavy atom. The molecule has 0 aromatic carbocycles. The van der Waals surface area contributed by atoms with Crippen molar-refractivity contribution in [1.82, 2.24) is 24.5 Å². The van der Waals surface area contributed by atoms with Crippen molar-refractivity contribution in [2.45, 2.75) is 6.92 Å². The quantitative estimate of drug-likeness (QED) is 0.469. The van der Waals surface area contributed by atoms with Crippen LogP contribution in [0.3, 0.4) is 0 Å². The van der Waals surface area contributed by atoms with E-state index in [0.29, 0.717) is 11.9 Å². The molecule has 0 unspecified atom stereocenters. The van der Waals surface area contributed by atoms with E-state index in [2.05, 4.69) is 14.3 Å². The summed E-state index contributed by atoms with van der Waals surface area (Å²) >= 11 is 0. The van der Waals surface area contributed by atoms with Crippen molar-refractivity contribution in [2.75, 3.05) is 70.5 Å². The van der Waals surface area contributed by atoms with Gasteiger partial charge in [0.2, 0.25) is 11.9 Å². The first kappa shape index (κ1) is 22.2. The molecule has 0 spiro atoms. The Bertz CT molecular complexity index is 490. The van der Waals surface area contributed by atoms with E-state index in [0.717, 1.165) is 5.84 Å². The fourth-order valence-electron chi connectivity index (χ4n) is 1.77. The summed E-state index contributed by atoms with van der Waals surface area (Å²) in [5, 5.41) is 8.89. The van der Waals surface area contributed by atoms with Crippen molar-refractivity contribution >= 4 is 25.3 Å². The van der Waals surface area contributed by atoms with Gasteiger partial charge in [-0.25, -0.2) is 0 Å². The monoisotopic (exact) mass is 359 g/mol. The van der Waals surface area contributed by atoms with E-state index in [1.807, 2.05) is 102 Å². The van der Waals surface area contributed by atoms with Crippen LogP contribution in [0, 0.1) is 5.16 Å². The van der Waals surface area contributed by atoms with Crippen molar-refractivity contribution < 1.29 is 0 Å². The lowest BCUT2D eigenvalue weighted by Gasteiger charge is -2.27. The van der Waals surface area contributed by atoms with Gasteiger partial charge in [0.05, 0.1) is 0 Å². The highest BCUT2D eigenvalue weighted by molar-refractivity contribution is 7.61. The molecule has 0 aliphatic carbocycles. The first-order valence-electron chi connectivity index (χ1n) is 7.58. The highest BCUT2D eigenvalue weighted by atomic mass is 31.2. The number of hydrogen-bond donors (Lipinski definition) is 1. The zero-order valence-corrected chi connectivity index (χ0v) is 17.9. The third kappa shape index (κ3) is 6.78. The van der Waals surface area contributed by atoms with Gasteiger partial charge in [0.25, 0.3) is 0 Å². The minimum atomic E-state index is -3.10. The van der Waals surface area contributed by atoms with Crippen LogP contribution in [0.15, 0.2) is 14.3 Å². The van der Waals surface area contributed by atoms with Crippen LogP contribution in [0.4, 0.5) is 0 Å². The minimum absolute atomic E-state index is 0.661. The maximum Gasteiger partial charge on any atom is 0.305 e. The molecule has 0 saturated heterocycles. The van der Waals surface area contributed by atoms with Crippen molar-refractivity contribution in [3.05, 3.63) is 0 Å². The number of guanidine groups is 2.